The van der Waals surface area contributed by atoms with E-state index in [0.717, 1.165) is 11.7 Å². The van der Waals surface area contributed by atoms with Crippen LogP contribution in [0.2, 0.25) is 0 Å². The zero-order chi connectivity index (χ0) is 13.7. The highest BCUT2D eigenvalue weighted by Crippen LogP contribution is 2.62. The summed E-state index contributed by atoms with van der Waals surface area (Å²) in [5.41, 5.74) is 2.10. The normalized spacial score (nSPS) is 28.0. The van der Waals surface area contributed by atoms with Gasteiger partial charge < -0.3 is 5.32 Å². The summed E-state index contributed by atoms with van der Waals surface area (Å²) in [6, 6.07) is 11.2. The van der Waals surface area contributed by atoms with Crippen LogP contribution in [0.15, 0.2) is 35.3 Å². The minimum absolute atomic E-state index is 0.362. The Morgan fingerprint density at radius 1 is 1.11 bits per heavy atom. The summed E-state index contributed by atoms with van der Waals surface area (Å²) in [7, 11) is 0. The summed E-state index contributed by atoms with van der Waals surface area (Å²) >= 11 is 1.87. The molecule has 1 atom stereocenters. The summed E-state index contributed by atoms with van der Waals surface area (Å²) in [4.78, 5) is 4.67. The van der Waals surface area contributed by atoms with E-state index in [2.05, 4.69) is 68.3 Å². The first-order valence-electron chi connectivity index (χ1n) is 6.95. The highest BCUT2D eigenvalue weighted by molar-refractivity contribution is 8.14. The van der Waals surface area contributed by atoms with Crippen molar-refractivity contribution in [1.29, 1.82) is 0 Å². The van der Waals surface area contributed by atoms with E-state index in [-0.39, 0.29) is 0 Å². The molecule has 1 aromatic rings. The minimum atomic E-state index is 0.362. The van der Waals surface area contributed by atoms with Gasteiger partial charge in [-0.15, -0.1) is 0 Å². The van der Waals surface area contributed by atoms with Crippen molar-refractivity contribution < 1.29 is 0 Å². The molecule has 1 fully saturated rings. The van der Waals surface area contributed by atoms with Gasteiger partial charge in [0.1, 0.15) is 0 Å². The minimum Gasteiger partial charge on any atom is -0.361 e. The van der Waals surface area contributed by atoms with Gasteiger partial charge in [0.25, 0.3) is 0 Å². The number of nitrogens with one attached hydrogen (secondary N) is 1. The molecule has 1 saturated carbocycles. The van der Waals surface area contributed by atoms with Gasteiger partial charge >= 0.3 is 0 Å². The fourth-order valence-corrected chi connectivity index (χ4v) is 4.02. The Labute approximate surface area is 120 Å². The van der Waals surface area contributed by atoms with Gasteiger partial charge in [-0.05, 0) is 16.4 Å². The first-order valence-corrected chi connectivity index (χ1v) is 7.83. The van der Waals surface area contributed by atoms with E-state index in [9.17, 15) is 0 Å². The van der Waals surface area contributed by atoms with Crippen LogP contribution in [0.3, 0.4) is 0 Å². The maximum absolute atomic E-state index is 4.67. The Bertz CT molecular complexity index is 491. The van der Waals surface area contributed by atoms with Crippen LogP contribution in [-0.2, 0) is 0 Å². The number of hydrogen-bond donors (Lipinski definition) is 1. The first kappa shape index (κ1) is 13.0. The molecule has 1 heterocycles. The third-order valence-corrected chi connectivity index (χ3v) is 6.29. The molecular weight excluding hydrogens is 252 g/mol. The van der Waals surface area contributed by atoms with Gasteiger partial charge in [-0.2, -0.15) is 0 Å². The summed E-state index contributed by atoms with van der Waals surface area (Å²) in [6.07, 6.45) is 0. The molecule has 0 radical (unpaired) electrons. The van der Waals surface area contributed by atoms with Crippen molar-refractivity contribution in [2.75, 3.05) is 6.54 Å². The lowest BCUT2D eigenvalue weighted by atomic mass is 10.0. The topological polar surface area (TPSA) is 24.4 Å². The second-order valence-corrected chi connectivity index (χ2v) is 7.88. The SMILES string of the molecule is CC1(C)C(NC2=NCC(c3ccccc3)S2)C1(C)C. The summed E-state index contributed by atoms with van der Waals surface area (Å²) in [5.74, 6) is 0. The van der Waals surface area contributed by atoms with Crippen LogP contribution in [-0.4, -0.2) is 17.8 Å². The molecule has 0 spiro atoms. The molecule has 102 valence electrons. The highest BCUT2D eigenvalue weighted by atomic mass is 32.2. The third kappa shape index (κ3) is 2.08. The Morgan fingerprint density at radius 2 is 1.74 bits per heavy atom. The van der Waals surface area contributed by atoms with Gasteiger partial charge in [0.2, 0.25) is 0 Å². The summed E-state index contributed by atoms with van der Waals surface area (Å²) < 4.78 is 0. The van der Waals surface area contributed by atoms with Crippen molar-refractivity contribution in [1.82, 2.24) is 5.32 Å². The van der Waals surface area contributed by atoms with Crippen molar-refractivity contribution in [3.8, 4) is 0 Å². The monoisotopic (exact) mass is 274 g/mol. The smallest absolute Gasteiger partial charge is 0.157 e. The van der Waals surface area contributed by atoms with E-state index >= 15 is 0 Å². The molecule has 1 aliphatic carbocycles. The third-order valence-electron chi connectivity index (χ3n) is 5.11. The molecule has 1 aliphatic heterocycles. The fraction of sp³-hybridized carbons (Fsp3) is 0.562. The van der Waals surface area contributed by atoms with Crippen LogP contribution in [0.5, 0.6) is 0 Å². The van der Waals surface area contributed by atoms with Crippen LogP contribution in [0, 0.1) is 10.8 Å². The maximum atomic E-state index is 4.67. The van der Waals surface area contributed by atoms with Crippen molar-refractivity contribution in [2.24, 2.45) is 15.8 Å². The Kier molecular flexibility index (Phi) is 2.93. The molecule has 0 aromatic heterocycles. The molecule has 1 aromatic carbocycles. The van der Waals surface area contributed by atoms with Crippen LogP contribution in [0.4, 0.5) is 0 Å². The number of thioether (sulfide) groups is 1. The summed E-state index contributed by atoms with van der Waals surface area (Å²) in [6.45, 7) is 10.2. The van der Waals surface area contributed by atoms with Crippen molar-refractivity contribution in [3.63, 3.8) is 0 Å². The van der Waals surface area contributed by atoms with Crippen LogP contribution >= 0.6 is 11.8 Å². The molecule has 0 bridgehead atoms. The van der Waals surface area contributed by atoms with E-state index in [0.29, 0.717) is 22.1 Å². The lowest BCUT2D eigenvalue weighted by Crippen LogP contribution is -2.26. The van der Waals surface area contributed by atoms with E-state index in [1.54, 1.807) is 0 Å². The molecule has 3 heteroatoms. The first-order chi connectivity index (χ1) is 8.93. The molecule has 2 aliphatic rings. The Hall–Kier alpha value is -0.960. The lowest BCUT2D eigenvalue weighted by Gasteiger charge is -2.10. The number of nitrogens with zero attached hydrogens (tertiary/aromatic N) is 1. The molecule has 0 saturated heterocycles. The van der Waals surface area contributed by atoms with Gasteiger partial charge in [-0.3, -0.25) is 4.99 Å². The molecule has 19 heavy (non-hydrogen) atoms. The number of benzene rings is 1. The average Bonchev–Trinajstić information content (AvgIpc) is 2.78. The summed E-state index contributed by atoms with van der Waals surface area (Å²) in [5, 5.41) is 5.25. The standard InChI is InChI=1S/C16H22N2S/c1-15(2)13(16(15,3)4)18-14-17-10-12(19-14)11-8-6-5-7-9-11/h5-9,12-13H,10H2,1-4H3,(H,17,18). The molecular formula is C16H22N2S. The lowest BCUT2D eigenvalue weighted by molar-refractivity contribution is 0.457. The number of aliphatic imine (C=N–C) groups is 1. The maximum Gasteiger partial charge on any atom is 0.157 e. The van der Waals surface area contributed by atoms with Crippen molar-refractivity contribution in [2.45, 2.75) is 39.0 Å². The van der Waals surface area contributed by atoms with Crippen LogP contribution in [0.1, 0.15) is 38.5 Å². The van der Waals surface area contributed by atoms with Crippen LogP contribution in [0.25, 0.3) is 0 Å². The fourth-order valence-electron chi connectivity index (χ4n) is 2.98. The Balaban J connectivity index is 1.62. The van der Waals surface area contributed by atoms with Crippen molar-refractivity contribution in [3.05, 3.63) is 35.9 Å². The molecule has 1 N–H and O–H groups in total. The van der Waals surface area contributed by atoms with Gasteiger partial charge in [0, 0.05) is 6.04 Å². The van der Waals surface area contributed by atoms with Crippen molar-refractivity contribution >= 4 is 16.9 Å². The van der Waals surface area contributed by atoms with E-state index in [1.807, 2.05) is 11.8 Å². The molecule has 2 nitrogen and oxygen atoms in total. The Morgan fingerprint density at radius 3 is 2.32 bits per heavy atom. The zero-order valence-electron chi connectivity index (χ0n) is 12.1. The van der Waals surface area contributed by atoms with Gasteiger partial charge in [0.05, 0.1) is 11.8 Å². The largest absolute Gasteiger partial charge is 0.361 e. The molecule has 1 unspecified atom stereocenters. The average molecular weight is 274 g/mol. The number of hydrogen-bond acceptors (Lipinski definition) is 3. The number of rotatable bonds is 2. The predicted octanol–water partition coefficient (Wildman–Crippen LogP) is 3.85. The highest BCUT2D eigenvalue weighted by Gasteiger charge is 2.65. The molecule has 0 amide bonds. The quantitative estimate of drug-likeness (QED) is 0.885. The second kappa shape index (κ2) is 4.27. The second-order valence-electron chi connectivity index (χ2n) is 6.68. The van der Waals surface area contributed by atoms with E-state index in [4.69, 9.17) is 0 Å². The predicted molar refractivity (Wildman–Crippen MR) is 83.6 cm³/mol. The molecule has 3 rings (SSSR count). The van der Waals surface area contributed by atoms with E-state index in [1.165, 1.54) is 5.56 Å². The van der Waals surface area contributed by atoms with Gasteiger partial charge in [-0.1, -0.05) is 69.8 Å². The zero-order valence-corrected chi connectivity index (χ0v) is 12.9. The van der Waals surface area contributed by atoms with Gasteiger partial charge in [0.15, 0.2) is 5.17 Å². The van der Waals surface area contributed by atoms with E-state index < -0.39 is 0 Å². The van der Waals surface area contributed by atoms with Gasteiger partial charge in [-0.25, -0.2) is 0 Å². The van der Waals surface area contributed by atoms with Crippen LogP contribution < -0.4 is 5.32 Å². The number of amidine groups is 1.